The van der Waals surface area contributed by atoms with Crippen molar-refractivity contribution in [3.8, 4) is 0 Å². The lowest BCUT2D eigenvalue weighted by Crippen LogP contribution is -2.41. The number of carbonyl (C=O) groups excluding carboxylic acids is 1. The second kappa shape index (κ2) is 9.70. The summed E-state index contributed by atoms with van der Waals surface area (Å²) in [6, 6.07) is 10.2. The summed E-state index contributed by atoms with van der Waals surface area (Å²) < 4.78 is 7.37. The first-order valence-electron chi connectivity index (χ1n) is 8.85. The van der Waals surface area contributed by atoms with Crippen molar-refractivity contribution >= 4 is 17.7 Å². The van der Waals surface area contributed by atoms with Gasteiger partial charge >= 0.3 is 0 Å². The molecule has 0 bridgehead atoms. The largest absolute Gasteiger partial charge is 0.379 e. The SMILES string of the molecule is Cc1nnc(SCC(=O)NCCN2CCOCC2)n1Cc1ccccc1. The Hall–Kier alpha value is -1.90. The maximum absolute atomic E-state index is 12.1. The molecule has 1 saturated heterocycles. The zero-order valence-corrected chi connectivity index (χ0v) is 15.9. The first kappa shape index (κ1) is 18.9. The smallest absolute Gasteiger partial charge is 0.230 e. The third-order valence-corrected chi connectivity index (χ3v) is 5.24. The van der Waals surface area contributed by atoms with Crippen LogP contribution in [0.4, 0.5) is 0 Å². The van der Waals surface area contributed by atoms with E-state index in [2.05, 4.69) is 32.5 Å². The summed E-state index contributed by atoms with van der Waals surface area (Å²) in [7, 11) is 0. The summed E-state index contributed by atoms with van der Waals surface area (Å²) >= 11 is 1.42. The Balaban J connectivity index is 1.44. The van der Waals surface area contributed by atoms with Gasteiger partial charge in [-0.15, -0.1) is 10.2 Å². The Morgan fingerprint density at radius 2 is 2.00 bits per heavy atom. The van der Waals surface area contributed by atoms with E-state index in [9.17, 15) is 4.79 Å². The number of hydrogen-bond donors (Lipinski definition) is 1. The third-order valence-electron chi connectivity index (χ3n) is 4.27. The molecule has 1 aromatic carbocycles. The lowest BCUT2D eigenvalue weighted by molar-refractivity contribution is -0.118. The number of ether oxygens (including phenoxy) is 1. The highest BCUT2D eigenvalue weighted by Crippen LogP contribution is 2.18. The van der Waals surface area contributed by atoms with E-state index in [0.717, 1.165) is 43.8 Å². The Morgan fingerprint density at radius 3 is 2.77 bits per heavy atom. The van der Waals surface area contributed by atoms with Crippen molar-refractivity contribution in [3.05, 3.63) is 41.7 Å². The van der Waals surface area contributed by atoms with Gasteiger partial charge in [0.25, 0.3) is 0 Å². The molecule has 1 fully saturated rings. The van der Waals surface area contributed by atoms with Crippen molar-refractivity contribution in [1.29, 1.82) is 0 Å². The number of aryl methyl sites for hydroxylation is 1. The van der Waals surface area contributed by atoms with Gasteiger partial charge in [-0.25, -0.2) is 0 Å². The molecule has 7 nitrogen and oxygen atoms in total. The number of nitrogens with zero attached hydrogens (tertiary/aromatic N) is 4. The van der Waals surface area contributed by atoms with Gasteiger partial charge in [0.2, 0.25) is 5.91 Å². The van der Waals surface area contributed by atoms with E-state index < -0.39 is 0 Å². The van der Waals surface area contributed by atoms with Crippen molar-refractivity contribution in [2.45, 2.75) is 18.6 Å². The van der Waals surface area contributed by atoms with Crippen molar-refractivity contribution in [1.82, 2.24) is 25.0 Å². The van der Waals surface area contributed by atoms with Crippen molar-refractivity contribution in [2.75, 3.05) is 45.1 Å². The van der Waals surface area contributed by atoms with Gasteiger partial charge in [-0.3, -0.25) is 9.69 Å². The van der Waals surface area contributed by atoms with Crippen LogP contribution >= 0.6 is 11.8 Å². The number of benzene rings is 1. The fourth-order valence-corrected chi connectivity index (χ4v) is 3.59. The van der Waals surface area contributed by atoms with Crippen molar-refractivity contribution in [2.24, 2.45) is 0 Å². The molecular weight excluding hydrogens is 350 g/mol. The normalized spacial score (nSPS) is 15.1. The van der Waals surface area contributed by atoms with Crippen LogP contribution in [0.5, 0.6) is 0 Å². The highest BCUT2D eigenvalue weighted by Gasteiger charge is 2.13. The summed E-state index contributed by atoms with van der Waals surface area (Å²) in [6.07, 6.45) is 0. The molecule has 0 saturated carbocycles. The van der Waals surface area contributed by atoms with Gasteiger partial charge in [0.15, 0.2) is 5.16 Å². The van der Waals surface area contributed by atoms with Crippen LogP contribution in [0.1, 0.15) is 11.4 Å². The van der Waals surface area contributed by atoms with Crippen LogP contribution in [-0.4, -0.2) is 70.7 Å². The van der Waals surface area contributed by atoms with Crippen molar-refractivity contribution in [3.63, 3.8) is 0 Å². The first-order chi connectivity index (χ1) is 12.7. The third kappa shape index (κ3) is 5.55. The van der Waals surface area contributed by atoms with E-state index in [4.69, 9.17) is 4.74 Å². The first-order valence-corrected chi connectivity index (χ1v) is 9.84. The molecule has 1 amide bonds. The molecular formula is C18H25N5O2S. The van der Waals surface area contributed by atoms with E-state index in [0.29, 0.717) is 18.8 Å². The monoisotopic (exact) mass is 375 g/mol. The highest BCUT2D eigenvalue weighted by molar-refractivity contribution is 7.99. The quantitative estimate of drug-likeness (QED) is 0.699. The Labute approximate surface area is 158 Å². The molecule has 1 aliphatic rings. The van der Waals surface area contributed by atoms with Crippen LogP contribution in [0.2, 0.25) is 0 Å². The average molecular weight is 375 g/mol. The lowest BCUT2D eigenvalue weighted by Gasteiger charge is -2.26. The highest BCUT2D eigenvalue weighted by atomic mass is 32.2. The Morgan fingerprint density at radius 1 is 1.23 bits per heavy atom. The van der Waals surface area contributed by atoms with Crippen LogP contribution in [0.15, 0.2) is 35.5 Å². The molecule has 140 valence electrons. The van der Waals surface area contributed by atoms with Gasteiger partial charge in [-0.2, -0.15) is 0 Å². The fraction of sp³-hybridized carbons (Fsp3) is 0.500. The van der Waals surface area contributed by atoms with Crippen LogP contribution in [-0.2, 0) is 16.1 Å². The van der Waals surface area contributed by atoms with Crippen LogP contribution in [0, 0.1) is 6.92 Å². The Bertz CT molecular complexity index is 701. The minimum absolute atomic E-state index is 0.0233. The number of thioether (sulfide) groups is 1. The molecule has 0 unspecified atom stereocenters. The van der Waals surface area contributed by atoms with E-state index in [1.165, 1.54) is 17.3 Å². The molecule has 26 heavy (non-hydrogen) atoms. The van der Waals surface area contributed by atoms with Gasteiger partial charge in [-0.1, -0.05) is 42.1 Å². The van der Waals surface area contributed by atoms with Crippen molar-refractivity contribution < 1.29 is 9.53 Å². The van der Waals surface area contributed by atoms with Gasteiger partial charge in [0.1, 0.15) is 5.82 Å². The van der Waals surface area contributed by atoms with Gasteiger partial charge in [-0.05, 0) is 12.5 Å². The molecule has 0 radical (unpaired) electrons. The fourth-order valence-electron chi connectivity index (χ4n) is 2.78. The Kier molecular flexibility index (Phi) is 7.04. The molecule has 1 N–H and O–H groups in total. The van der Waals surface area contributed by atoms with E-state index >= 15 is 0 Å². The number of amides is 1. The summed E-state index contributed by atoms with van der Waals surface area (Å²) in [5.41, 5.74) is 1.19. The number of nitrogens with one attached hydrogen (secondary N) is 1. The van der Waals surface area contributed by atoms with Gasteiger partial charge in [0, 0.05) is 26.2 Å². The summed E-state index contributed by atoms with van der Waals surface area (Å²) in [6.45, 7) is 7.60. The summed E-state index contributed by atoms with van der Waals surface area (Å²) in [5, 5.41) is 12.1. The van der Waals surface area contributed by atoms with E-state index in [1.54, 1.807) is 0 Å². The number of morpholine rings is 1. The maximum atomic E-state index is 12.1. The van der Waals surface area contributed by atoms with Crippen LogP contribution < -0.4 is 5.32 Å². The zero-order valence-electron chi connectivity index (χ0n) is 15.1. The summed E-state index contributed by atoms with van der Waals surface area (Å²) in [5.74, 6) is 1.22. The minimum Gasteiger partial charge on any atom is -0.379 e. The molecule has 0 aliphatic carbocycles. The molecule has 1 aliphatic heterocycles. The molecule has 3 rings (SSSR count). The standard InChI is InChI=1S/C18H25N5O2S/c1-15-20-21-18(23(15)13-16-5-3-2-4-6-16)26-14-17(24)19-7-8-22-9-11-25-12-10-22/h2-6H,7-14H2,1H3,(H,19,24). The predicted molar refractivity (Wildman–Crippen MR) is 101 cm³/mol. The second-order valence-electron chi connectivity index (χ2n) is 6.19. The van der Waals surface area contributed by atoms with Crippen LogP contribution in [0.3, 0.4) is 0 Å². The minimum atomic E-state index is 0.0233. The maximum Gasteiger partial charge on any atom is 0.230 e. The topological polar surface area (TPSA) is 72.3 Å². The van der Waals surface area contributed by atoms with Gasteiger partial charge in [0.05, 0.1) is 25.5 Å². The molecule has 2 heterocycles. The zero-order chi connectivity index (χ0) is 18.2. The molecule has 8 heteroatoms. The number of hydrogen-bond acceptors (Lipinski definition) is 6. The average Bonchev–Trinajstić information content (AvgIpc) is 3.01. The lowest BCUT2D eigenvalue weighted by atomic mass is 10.2. The number of carbonyl (C=O) groups is 1. The van der Waals surface area contributed by atoms with E-state index in [1.807, 2.05) is 29.7 Å². The molecule has 0 spiro atoms. The molecule has 0 atom stereocenters. The second-order valence-corrected chi connectivity index (χ2v) is 7.14. The number of aromatic nitrogens is 3. The van der Waals surface area contributed by atoms with Gasteiger partial charge < -0.3 is 14.6 Å². The molecule has 1 aromatic heterocycles. The predicted octanol–water partition coefficient (Wildman–Crippen LogP) is 1.18. The summed E-state index contributed by atoms with van der Waals surface area (Å²) in [4.78, 5) is 14.4. The molecule has 2 aromatic rings. The van der Waals surface area contributed by atoms with E-state index in [-0.39, 0.29) is 5.91 Å². The number of rotatable bonds is 8. The van der Waals surface area contributed by atoms with Crippen LogP contribution in [0.25, 0.3) is 0 Å².